The smallest absolute Gasteiger partial charge is 0.236 e. The van der Waals surface area contributed by atoms with Crippen molar-refractivity contribution >= 4 is 5.91 Å². The number of hydrogen-bond donors (Lipinski definition) is 0. The molecule has 0 spiro atoms. The highest BCUT2D eigenvalue weighted by atomic mass is 16.5. The number of likely N-dealkylation sites (N-methyl/N-ethyl adjacent to an activating group) is 1. The average Bonchev–Trinajstić information content (AvgIpc) is 2.60. The van der Waals surface area contributed by atoms with Crippen LogP contribution in [-0.4, -0.2) is 73.7 Å². The molecule has 132 valence electrons. The molecule has 0 aromatic carbocycles. The molecule has 6 heteroatoms. The van der Waals surface area contributed by atoms with Crippen LogP contribution in [0, 0.1) is 5.41 Å². The molecule has 3 heterocycles. The van der Waals surface area contributed by atoms with E-state index in [4.69, 9.17) is 9.47 Å². The molecule has 2 atom stereocenters. The summed E-state index contributed by atoms with van der Waals surface area (Å²) in [6.07, 6.45) is 4.81. The predicted molar refractivity (Wildman–Crippen MR) is 90.9 cm³/mol. The highest BCUT2D eigenvalue weighted by Crippen LogP contribution is 2.40. The van der Waals surface area contributed by atoms with Crippen LogP contribution in [0.5, 0.6) is 5.88 Å². The molecule has 0 bridgehead atoms. The summed E-state index contributed by atoms with van der Waals surface area (Å²) < 4.78 is 12.0. The fourth-order valence-electron chi connectivity index (χ4n) is 3.73. The fraction of sp³-hybridized carbons (Fsp3) is 0.667. The second kappa shape index (κ2) is 7.49. The molecule has 0 unspecified atom stereocenters. The van der Waals surface area contributed by atoms with Crippen molar-refractivity contribution in [2.75, 3.05) is 46.9 Å². The summed E-state index contributed by atoms with van der Waals surface area (Å²) in [7, 11) is 3.85. The number of amides is 1. The molecule has 2 aliphatic rings. The maximum Gasteiger partial charge on any atom is 0.236 e. The largest absolute Gasteiger partial charge is 0.477 e. The highest BCUT2D eigenvalue weighted by Gasteiger charge is 2.47. The number of aromatic nitrogens is 1. The fourth-order valence-corrected chi connectivity index (χ4v) is 3.73. The SMILES string of the molecule is CN(C)CC(=O)N1CC[C@H]2OCCC[C@]2(COc2ccccn2)C1. The van der Waals surface area contributed by atoms with Crippen LogP contribution in [0.25, 0.3) is 0 Å². The first-order chi connectivity index (χ1) is 11.6. The van der Waals surface area contributed by atoms with Crippen molar-refractivity contribution in [1.82, 2.24) is 14.8 Å². The van der Waals surface area contributed by atoms with E-state index in [-0.39, 0.29) is 17.4 Å². The van der Waals surface area contributed by atoms with Gasteiger partial charge >= 0.3 is 0 Å². The quantitative estimate of drug-likeness (QED) is 0.816. The molecule has 2 saturated heterocycles. The third-order valence-corrected chi connectivity index (χ3v) is 4.94. The Kier molecular flexibility index (Phi) is 5.36. The lowest BCUT2D eigenvalue weighted by molar-refractivity contribution is -0.158. The summed E-state index contributed by atoms with van der Waals surface area (Å²) >= 11 is 0. The van der Waals surface area contributed by atoms with Crippen LogP contribution < -0.4 is 4.74 Å². The zero-order valence-electron chi connectivity index (χ0n) is 14.6. The molecule has 1 aromatic rings. The van der Waals surface area contributed by atoms with Crippen molar-refractivity contribution in [3.8, 4) is 5.88 Å². The summed E-state index contributed by atoms with van der Waals surface area (Å²) in [5, 5.41) is 0. The first-order valence-electron chi connectivity index (χ1n) is 8.67. The zero-order chi connectivity index (χ0) is 17.0. The number of carbonyl (C=O) groups is 1. The summed E-state index contributed by atoms with van der Waals surface area (Å²) in [4.78, 5) is 20.6. The third kappa shape index (κ3) is 3.87. The Hall–Kier alpha value is -1.66. The molecule has 3 rings (SSSR count). The first-order valence-corrected chi connectivity index (χ1v) is 8.67. The Morgan fingerprint density at radius 1 is 1.50 bits per heavy atom. The summed E-state index contributed by atoms with van der Waals surface area (Å²) in [6, 6.07) is 5.66. The summed E-state index contributed by atoms with van der Waals surface area (Å²) in [5.74, 6) is 0.814. The molecule has 0 aliphatic carbocycles. The van der Waals surface area contributed by atoms with Crippen molar-refractivity contribution in [2.45, 2.75) is 25.4 Å². The molecular weight excluding hydrogens is 306 g/mol. The number of ether oxygens (including phenoxy) is 2. The Morgan fingerprint density at radius 2 is 2.38 bits per heavy atom. The van der Waals surface area contributed by atoms with Gasteiger partial charge in [-0.15, -0.1) is 0 Å². The van der Waals surface area contributed by atoms with Gasteiger partial charge in [-0.2, -0.15) is 0 Å². The lowest BCUT2D eigenvalue weighted by Crippen LogP contribution is -2.59. The summed E-state index contributed by atoms with van der Waals surface area (Å²) in [5.41, 5.74) is -0.129. The highest BCUT2D eigenvalue weighted by molar-refractivity contribution is 5.78. The number of fused-ring (bicyclic) bond motifs is 1. The zero-order valence-corrected chi connectivity index (χ0v) is 14.6. The molecule has 0 saturated carbocycles. The van der Waals surface area contributed by atoms with E-state index in [2.05, 4.69) is 4.98 Å². The minimum absolute atomic E-state index is 0.129. The molecule has 1 amide bonds. The predicted octanol–water partition coefficient (Wildman–Crippen LogP) is 1.42. The average molecular weight is 333 g/mol. The first kappa shape index (κ1) is 17.2. The second-order valence-corrected chi connectivity index (χ2v) is 7.12. The van der Waals surface area contributed by atoms with Gasteiger partial charge in [0.1, 0.15) is 0 Å². The number of likely N-dealkylation sites (tertiary alicyclic amines) is 1. The van der Waals surface area contributed by atoms with Gasteiger partial charge in [0, 0.05) is 37.4 Å². The van der Waals surface area contributed by atoms with Crippen molar-refractivity contribution in [3.05, 3.63) is 24.4 Å². The standard InChI is InChI=1S/C18H27N3O3/c1-20(2)12-17(22)21-10-7-15-18(13-21,8-5-11-23-15)14-24-16-6-3-4-9-19-16/h3-4,6,9,15H,5,7-8,10-14H2,1-2H3/t15-,18-/m1/s1. The monoisotopic (exact) mass is 333 g/mol. The maximum absolute atomic E-state index is 12.5. The molecular formula is C18H27N3O3. The molecule has 1 aromatic heterocycles. The van der Waals surface area contributed by atoms with Crippen molar-refractivity contribution in [1.29, 1.82) is 0 Å². The van der Waals surface area contributed by atoms with Gasteiger partial charge in [-0.3, -0.25) is 4.79 Å². The van der Waals surface area contributed by atoms with Crippen molar-refractivity contribution < 1.29 is 14.3 Å². The van der Waals surface area contributed by atoms with E-state index in [1.165, 1.54) is 0 Å². The molecule has 2 fully saturated rings. The van der Waals surface area contributed by atoms with Gasteiger partial charge in [-0.25, -0.2) is 4.98 Å². The number of hydrogen-bond acceptors (Lipinski definition) is 5. The van der Waals surface area contributed by atoms with E-state index in [0.717, 1.165) is 32.4 Å². The topological polar surface area (TPSA) is 54.9 Å². The number of rotatable bonds is 5. The van der Waals surface area contributed by atoms with Crippen LogP contribution in [0.2, 0.25) is 0 Å². The van der Waals surface area contributed by atoms with Gasteiger partial charge < -0.3 is 19.3 Å². The lowest BCUT2D eigenvalue weighted by Gasteiger charge is -2.50. The van der Waals surface area contributed by atoms with Crippen LogP contribution in [0.3, 0.4) is 0 Å². The van der Waals surface area contributed by atoms with Crippen molar-refractivity contribution in [2.24, 2.45) is 5.41 Å². The van der Waals surface area contributed by atoms with Crippen LogP contribution in [0.4, 0.5) is 0 Å². The van der Waals surface area contributed by atoms with E-state index in [0.29, 0.717) is 25.6 Å². The van der Waals surface area contributed by atoms with E-state index in [9.17, 15) is 4.79 Å². The molecule has 0 N–H and O–H groups in total. The van der Waals surface area contributed by atoms with Crippen LogP contribution >= 0.6 is 0 Å². The number of nitrogens with zero attached hydrogens (tertiary/aromatic N) is 3. The van der Waals surface area contributed by atoms with Crippen LogP contribution in [-0.2, 0) is 9.53 Å². The van der Waals surface area contributed by atoms with Crippen LogP contribution in [0.1, 0.15) is 19.3 Å². The van der Waals surface area contributed by atoms with E-state index >= 15 is 0 Å². The van der Waals surface area contributed by atoms with E-state index < -0.39 is 0 Å². The van der Waals surface area contributed by atoms with Gasteiger partial charge in [0.2, 0.25) is 11.8 Å². The van der Waals surface area contributed by atoms with E-state index in [1.54, 1.807) is 6.20 Å². The Labute approximate surface area is 143 Å². The van der Waals surface area contributed by atoms with Gasteiger partial charge in [0.15, 0.2) is 0 Å². The minimum Gasteiger partial charge on any atom is -0.477 e. The van der Waals surface area contributed by atoms with Gasteiger partial charge in [0.05, 0.1) is 19.3 Å². The van der Waals surface area contributed by atoms with Gasteiger partial charge in [0.25, 0.3) is 0 Å². The third-order valence-electron chi connectivity index (χ3n) is 4.94. The maximum atomic E-state index is 12.5. The Bertz CT molecular complexity index is 552. The number of pyridine rings is 1. The molecule has 24 heavy (non-hydrogen) atoms. The minimum atomic E-state index is -0.129. The van der Waals surface area contributed by atoms with Gasteiger partial charge in [-0.1, -0.05) is 6.07 Å². The molecule has 0 radical (unpaired) electrons. The Morgan fingerprint density at radius 3 is 3.12 bits per heavy atom. The Balaban J connectivity index is 1.70. The van der Waals surface area contributed by atoms with Gasteiger partial charge in [-0.05, 0) is 39.4 Å². The number of piperidine rings is 1. The molecule has 6 nitrogen and oxygen atoms in total. The van der Waals surface area contributed by atoms with Crippen molar-refractivity contribution in [3.63, 3.8) is 0 Å². The second-order valence-electron chi connectivity index (χ2n) is 7.12. The number of carbonyl (C=O) groups excluding carboxylic acids is 1. The van der Waals surface area contributed by atoms with E-state index in [1.807, 2.05) is 42.1 Å². The normalized spacial score (nSPS) is 27.0. The summed E-state index contributed by atoms with van der Waals surface area (Å²) in [6.45, 7) is 3.27. The van der Waals surface area contributed by atoms with Crippen LogP contribution in [0.15, 0.2) is 24.4 Å². The lowest BCUT2D eigenvalue weighted by atomic mass is 9.73. The molecule has 2 aliphatic heterocycles.